The molecule has 1 amide bonds. The van der Waals surface area contributed by atoms with E-state index in [1.165, 1.54) is 28.9 Å². The summed E-state index contributed by atoms with van der Waals surface area (Å²) in [6.45, 7) is 3.83. The quantitative estimate of drug-likeness (QED) is 0.673. The van der Waals surface area contributed by atoms with E-state index in [0.717, 1.165) is 17.0 Å². The summed E-state index contributed by atoms with van der Waals surface area (Å²) in [7, 11) is 0. The van der Waals surface area contributed by atoms with Crippen LogP contribution < -0.4 is 5.01 Å². The molecule has 24 heavy (non-hydrogen) atoms. The average Bonchev–Trinajstić information content (AvgIpc) is 3.00. The van der Waals surface area contributed by atoms with Crippen LogP contribution in [0.3, 0.4) is 0 Å². The number of nitrogens with zero attached hydrogens (tertiary/aromatic N) is 2. The minimum absolute atomic E-state index is 0.185. The topological polar surface area (TPSA) is 62.5 Å². The number of rotatable bonds is 3. The largest absolute Gasteiger partial charge is 0.478 e. The zero-order chi connectivity index (χ0) is 17.4. The lowest BCUT2D eigenvalue weighted by molar-refractivity contribution is -0.114. The van der Waals surface area contributed by atoms with Gasteiger partial charge in [0.05, 0.1) is 10.5 Å². The number of hydrogen-bond acceptors (Lipinski definition) is 4. The van der Waals surface area contributed by atoms with Gasteiger partial charge in [-0.15, -0.1) is 0 Å². The molecule has 1 aliphatic rings. The second kappa shape index (κ2) is 6.26. The van der Waals surface area contributed by atoms with Gasteiger partial charge in [0.25, 0.3) is 5.91 Å². The van der Waals surface area contributed by atoms with E-state index in [4.69, 9.17) is 17.3 Å². The molecule has 0 saturated carbocycles. The fourth-order valence-corrected chi connectivity index (χ4v) is 3.72. The zero-order valence-corrected chi connectivity index (χ0v) is 14.6. The minimum Gasteiger partial charge on any atom is -0.478 e. The fraction of sp³-hybridized carbons (Fsp3) is 0.118. The van der Waals surface area contributed by atoms with Gasteiger partial charge in [0, 0.05) is 11.4 Å². The van der Waals surface area contributed by atoms with E-state index in [1.807, 2.05) is 26.0 Å². The lowest BCUT2D eigenvalue weighted by Crippen LogP contribution is -2.39. The Morgan fingerprint density at radius 1 is 1.12 bits per heavy atom. The van der Waals surface area contributed by atoms with Crippen LogP contribution >= 0.6 is 24.0 Å². The summed E-state index contributed by atoms with van der Waals surface area (Å²) in [5.74, 6) is -1.17. The normalized spacial score (nSPS) is 16.2. The molecule has 3 rings (SSSR count). The first-order chi connectivity index (χ1) is 11.4. The first-order valence-corrected chi connectivity index (χ1v) is 8.37. The molecule has 1 aliphatic heterocycles. The molecule has 1 fully saturated rings. The highest BCUT2D eigenvalue weighted by atomic mass is 32.2. The molecule has 1 N–H and O–H groups in total. The maximum absolute atomic E-state index is 12.7. The molecule has 7 heteroatoms. The maximum atomic E-state index is 12.7. The van der Waals surface area contributed by atoms with Crippen LogP contribution in [-0.4, -0.2) is 26.0 Å². The second-order valence-electron chi connectivity index (χ2n) is 5.35. The van der Waals surface area contributed by atoms with Gasteiger partial charge in [-0.3, -0.25) is 9.47 Å². The summed E-state index contributed by atoms with van der Waals surface area (Å²) in [5, 5.41) is 10.4. The summed E-state index contributed by atoms with van der Waals surface area (Å²) in [4.78, 5) is 24.1. The monoisotopic (exact) mass is 358 g/mol. The van der Waals surface area contributed by atoms with Crippen molar-refractivity contribution in [2.45, 2.75) is 13.8 Å². The Morgan fingerprint density at radius 2 is 1.71 bits per heavy atom. The molecule has 0 bridgehead atoms. The van der Waals surface area contributed by atoms with Gasteiger partial charge in [-0.1, -0.05) is 23.9 Å². The lowest BCUT2D eigenvalue weighted by Gasteiger charge is -2.20. The van der Waals surface area contributed by atoms with Crippen LogP contribution in [0.4, 0.5) is 0 Å². The number of hydrogen-bond donors (Lipinski definition) is 1. The maximum Gasteiger partial charge on any atom is 0.335 e. The van der Waals surface area contributed by atoms with Crippen molar-refractivity contribution in [3.8, 4) is 0 Å². The summed E-state index contributed by atoms with van der Waals surface area (Å²) in [5.41, 5.74) is 2.81. The Balaban J connectivity index is 1.92. The number of aromatic nitrogens is 1. The molecule has 122 valence electrons. The third kappa shape index (κ3) is 2.88. The molecule has 0 atom stereocenters. The van der Waals surface area contributed by atoms with Crippen LogP contribution in [0, 0.1) is 13.8 Å². The Labute approximate surface area is 148 Å². The number of carboxylic acids is 1. The minimum atomic E-state index is -0.980. The van der Waals surface area contributed by atoms with Gasteiger partial charge in [0.15, 0.2) is 4.32 Å². The SMILES string of the molecule is Cc1ccc(C)n1N1C(=O)/C(=C/c2ccc(C(=O)O)cc2)SC1=S. The Bertz CT molecular complexity index is 862. The van der Waals surface area contributed by atoms with E-state index in [-0.39, 0.29) is 11.5 Å². The fourth-order valence-electron chi connectivity index (χ4n) is 2.48. The standard InChI is InChI=1S/C17H14N2O3S2/c1-10-3-4-11(2)18(10)19-15(20)14(24-17(19)23)9-12-5-7-13(8-6-12)16(21)22/h3-9H,1-2H3,(H,21,22)/b14-9-. The van der Waals surface area contributed by atoms with E-state index in [0.29, 0.717) is 9.23 Å². The second-order valence-corrected chi connectivity index (χ2v) is 7.02. The highest BCUT2D eigenvalue weighted by Gasteiger charge is 2.34. The Hall–Kier alpha value is -2.38. The van der Waals surface area contributed by atoms with Gasteiger partial charge in [-0.05, 0) is 62.0 Å². The number of carbonyl (C=O) groups is 2. The molecule has 0 radical (unpaired) electrons. The van der Waals surface area contributed by atoms with Gasteiger partial charge >= 0.3 is 5.97 Å². The molecule has 5 nitrogen and oxygen atoms in total. The Morgan fingerprint density at radius 3 is 2.25 bits per heavy atom. The Kier molecular flexibility index (Phi) is 4.29. The van der Waals surface area contributed by atoms with Crippen molar-refractivity contribution in [2.24, 2.45) is 0 Å². The molecule has 1 aromatic heterocycles. The molecular formula is C17H14N2O3S2. The third-order valence-electron chi connectivity index (χ3n) is 3.66. The van der Waals surface area contributed by atoms with E-state index in [2.05, 4.69) is 0 Å². The van der Waals surface area contributed by atoms with E-state index >= 15 is 0 Å². The number of carbonyl (C=O) groups excluding carboxylic acids is 1. The first-order valence-electron chi connectivity index (χ1n) is 7.15. The number of aryl methyl sites for hydroxylation is 2. The van der Waals surface area contributed by atoms with E-state index < -0.39 is 5.97 Å². The number of thiocarbonyl (C=S) groups is 1. The molecule has 2 aromatic rings. The van der Waals surface area contributed by atoms with E-state index in [1.54, 1.807) is 22.9 Å². The first kappa shape index (κ1) is 16.5. The smallest absolute Gasteiger partial charge is 0.335 e. The highest BCUT2D eigenvalue weighted by molar-refractivity contribution is 8.27. The van der Waals surface area contributed by atoms with Gasteiger partial charge in [0.1, 0.15) is 0 Å². The molecule has 2 heterocycles. The van der Waals surface area contributed by atoms with Crippen molar-refractivity contribution in [1.82, 2.24) is 4.68 Å². The van der Waals surface area contributed by atoms with Crippen molar-refractivity contribution in [3.63, 3.8) is 0 Å². The molecule has 0 spiro atoms. The summed E-state index contributed by atoms with van der Waals surface area (Å²) >= 11 is 6.60. The summed E-state index contributed by atoms with van der Waals surface area (Å²) < 4.78 is 2.27. The zero-order valence-electron chi connectivity index (χ0n) is 13.0. The van der Waals surface area contributed by atoms with Crippen LogP contribution in [0.1, 0.15) is 27.3 Å². The summed E-state index contributed by atoms with van der Waals surface area (Å²) in [6.07, 6.45) is 1.72. The molecule has 0 unspecified atom stereocenters. The summed E-state index contributed by atoms with van der Waals surface area (Å²) in [6, 6.07) is 10.2. The van der Waals surface area contributed by atoms with Crippen molar-refractivity contribution >= 4 is 46.3 Å². The van der Waals surface area contributed by atoms with Gasteiger partial charge in [0.2, 0.25) is 0 Å². The third-order valence-corrected chi connectivity index (χ3v) is 4.95. The van der Waals surface area contributed by atoms with E-state index in [9.17, 15) is 9.59 Å². The number of benzene rings is 1. The van der Waals surface area contributed by atoms with Crippen molar-refractivity contribution in [2.75, 3.05) is 5.01 Å². The van der Waals surface area contributed by atoms with Crippen molar-refractivity contribution < 1.29 is 14.7 Å². The number of aromatic carboxylic acids is 1. The molecule has 1 aromatic carbocycles. The van der Waals surface area contributed by atoms with Crippen molar-refractivity contribution in [3.05, 3.63) is 63.8 Å². The van der Waals surface area contributed by atoms with Crippen LogP contribution in [0.15, 0.2) is 41.3 Å². The molecular weight excluding hydrogens is 344 g/mol. The highest BCUT2D eigenvalue weighted by Crippen LogP contribution is 2.32. The average molecular weight is 358 g/mol. The lowest BCUT2D eigenvalue weighted by atomic mass is 10.1. The van der Waals surface area contributed by atoms with Crippen molar-refractivity contribution in [1.29, 1.82) is 0 Å². The van der Waals surface area contributed by atoms with Crippen LogP contribution in [0.2, 0.25) is 0 Å². The predicted molar refractivity (Wildman–Crippen MR) is 98.7 cm³/mol. The number of amides is 1. The molecule has 1 saturated heterocycles. The van der Waals surface area contributed by atoms with Gasteiger partial charge in [-0.25, -0.2) is 4.79 Å². The molecule has 0 aliphatic carbocycles. The van der Waals surface area contributed by atoms with Crippen LogP contribution in [-0.2, 0) is 4.79 Å². The van der Waals surface area contributed by atoms with Gasteiger partial charge < -0.3 is 5.11 Å². The number of carboxylic acid groups (broad SMARTS) is 1. The number of thioether (sulfide) groups is 1. The van der Waals surface area contributed by atoms with Crippen LogP contribution in [0.25, 0.3) is 6.08 Å². The van der Waals surface area contributed by atoms with Crippen LogP contribution in [0.5, 0.6) is 0 Å². The van der Waals surface area contributed by atoms with Gasteiger partial charge in [-0.2, -0.15) is 5.01 Å². The predicted octanol–water partition coefficient (Wildman–Crippen LogP) is 3.34.